The first-order chi connectivity index (χ1) is 8.74. The van der Waals surface area contributed by atoms with Crippen molar-refractivity contribution in [2.24, 2.45) is 0 Å². The molecule has 5 heteroatoms. The molecule has 1 fully saturated rings. The Bertz CT molecular complexity index is 324. The van der Waals surface area contributed by atoms with Crippen molar-refractivity contribution >= 4 is 0 Å². The molecular weight excluding hydrogens is 233 g/mol. The van der Waals surface area contributed by atoms with Gasteiger partial charge >= 0.3 is 0 Å². The van der Waals surface area contributed by atoms with E-state index in [9.17, 15) is 4.39 Å². The standard InChI is InChI=1S/C11H18FN3O.C2H6/c1-10-2-3-15(13-10)9-11(12)8-14-4-6-16-7-5-14;1-2/h2-3,11H,4-9H2,1H3;1-2H3. The minimum atomic E-state index is -0.864. The van der Waals surface area contributed by atoms with Gasteiger partial charge in [-0.3, -0.25) is 9.58 Å². The molecule has 2 heterocycles. The van der Waals surface area contributed by atoms with Gasteiger partial charge < -0.3 is 4.74 Å². The zero-order valence-corrected chi connectivity index (χ0v) is 11.6. The van der Waals surface area contributed by atoms with Crippen LogP contribution in [0.3, 0.4) is 0 Å². The van der Waals surface area contributed by atoms with Crippen molar-refractivity contribution in [1.29, 1.82) is 0 Å². The summed E-state index contributed by atoms with van der Waals surface area (Å²) in [6.07, 6.45) is 0.957. The number of rotatable bonds is 4. The van der Waals surface area contributed by atoms with Crippen LogP contribution < -0.4 is 0 Å². The Balaban J connectivity index is 0.000000771. The number of halogens is 1. The summed E-state index contributed by atoms with van der Waals surface area (Å²) >= 11 is 0. The van der Waals surface area contributed by atoms with Crippen LogP contribution in [0.15, 0.2) is 12.3 Å². The molecule has 4 nitrogen and oxygen atoms in total. The van der Waals surface area contributed by atoms with Crippen LogP contribution in [-0.4, -0.2) is 53.7 Å². The van der Waals surface area contributed by atoms with Gasteiger partial charge in [-0.2, -0.15) is 5.10 Å². The smallest absolute Gasteiger partial charge is 0.132 e. The highest BCUT2D eigenvalue weighted by molar-refractivity contribution is 4.94. The van der Waals surface area contributed by atoms with Crippen LogP contribution in [0.5, 0.6) is 0 Å². The van der Waals surface area contributed by atoms with Crippen LogP contribution in [0.2, 0.25) is 0 Å². The Morgan fingerprint density at radius 3 is 2.56 bits per heavy atom. The van der Waals surface area contributed by atoms with Crippen LogP contribution in [0.1, 0.15) is 19.5 Å². The number of alkyl halides is 1. The monoisotopic (exact) mass is 257 g/mol. The lowest BCUT2D eigenvalue weighted by Gasteiger charge is -2.27. The molecule has 1 saturated heterocycles. The normalized spacial score (nSPS) is 18.0. The van der Waals surface area contributed by atoms with E-state index in [1.54, 1.807) is 4.68 Å². The maximum Gasteiger partial charge on any atom is 0.132 e. The Morgan fingerprint density at radius 1 is 1.33 bits per heavy atom. The fraction of sp³-hybridized carbons (Fsp3) is 0.769. The fourth-order valence-electron chi connectivity index (χ4n) is 1.89. The van der Waals surface area contributed by atoms with Crippen molar-refractivity contribution in [3.8, 4) is 0 Å². The lowest BCUT2D eigenvalue weighted by atomic mass is 10.3. The van der Waals surface area contributed by atoms with Crippen molar-refractivity contribution in [3.63, 3.8) is 0 Å². The number of hydrogen-bond acceptors (Lipinski definition) is 3. The summed E-state index contributed by atoms with van der Waals surface area (Å²) in [7, 11) is 0. The van der Waals surface area contributed by atoms with Crippen LogP contribution >= 0.6 is 0 Å². The summed E-state index contributed by atoms with van der Waals surface area (Å²) < 4.78 is 20.6. The molecule has 0 aliphatic carbocycles. The van der Waals surface area contributed by atoms with Gasteiger partial charge in [0.1, 0.15) is 6.17 Å². The molecule has 0 saturated carbocycles. The second-order valence-electron chi connectivity index (χ2n) is 4.19. The lowest BCUT2D eigenvalue weighted by molar-refractivity contribution is 0.0251. The largest absolute Gasteiger partial charge is 0.379 e. The maximum atomic E-state index is 13.7. The predicted octanol–water partition coefficient (Wildman–Crippen LogP) is 1.89. The second kappa shape index (κ2) is 8.21. The first-order valence-electron chi connectivity index (χ1n) is 6.68. The van der Waals surface area contributed by atoms with Crippen LogP contribution in [0.4, 0.5) is 4.39 Å². The predicted molar refractivity (Wildman–Crippen MR) is 70.5 cm³/mol. The summed E-state index contributed by atoms with van der Waals surface area (Å²) in [5.74, 6) is 0. The molecule has 0 radical (unpaired) electrons. The SMILES string of the molecule is CC.Cc1ccn(CC(F)CN2CCOCC2)n1. The van der Waals surface area contributed by atoms with E-state index in [1.807, 2.05) is 33.0 Å². The molecule has 1 aromatic rings. The molecular formula is C13H24FN3O. The highest BCUT2D eigenvalue weighted by Gasteiger charge is 2.16. The van der Waals surface area contributed by atoms with Gasteiger partial charge in [-0.05, 0) is 13.0 Å². The van der Waals surface area contributed by atoms with E-state index >= 15 is 0 Å². The van der Waals surface area contributed by atoms with Gasteiger partial charge in [0.25, 0.3) is 0 Å². The highest BCUT2D eigenvalue weighted by Crippen LogP contribution is 2.04. The molecule has 1 aromatic heterocycles. The Labute approximate surface area is 109 Å². The van der Waals surface area contributed by atoms with Crippen molar-refractivity contribution in [2.45, 2.75) is 33.5 Å². The van der Waals surface area contributed by atoms with E-state index < -0.39 is 6.17 Å². The number of aromatic nitrogens is 2. The van der Waals surface area contributed by atoms with Crippen molar-refractivity contribution < 1.29 is 9.13 Å². The van der Waals surface area contributed by atoms with Crippen molar-refractivity contribution in [2.75, 3.05) is 32.8 Å². The lowest BCUT2D eigenvalue weighted by Crippen LogP contribution is -2.40. The summed E-state index contributed by atoms with van der Waals surface area (Å²) in [4.78, 5) is 2.10. The molecule has 0 amide bonds. The summed E-state index contributed by atoms with van der Waals surface area (Å²) in [6, 6.07) is 1.89. The third-order valence-electron chi connectivity index (χ3n) is 2.72. The number of aryl methyl sites for hydroxylation is 1. The van der Waals surface area contributed by atoms with Gasteiger partial charge in [0, 0.05) is 25.8 Å². The minimum Gasteiger partial charge on any atom is -0.379 e. The topological polar surface area (TPSA) is 30.3 Å². The van der Waals surface area contributed by atoms with Gasteiger partial charge in [-0.15, -0.1) is 0 Å². The van der Waals surface area contributed by atoms with E-state index in [2.05, 4.69) is 10.00 Å². The van der Waals surface area contributed by atoms with Gasteiger partial charge in [-0.1, -0.05) is 13.8 Å². The molecule has 1 aliphatic rings. The summed E-state index contributed by atoms with van der Waals surface area (Å²) in [6.45, 7) is 9.82. The first kappa shape index (κ1) is 15.1. The summed E-state index contributed by atoms with van der Waals surface area (Å²) in [5, 5.41) is 4.18. The molecule has 104 valence electrons. The molecule has 1 atom stereocenters. The molecule has 0 N–H and O–H groups in total. The average Bonchev–Trinajstić information content (AvgIpc) is 2.78. The van der Waals surface area contributed by atoms with Gasteiger partial charge in [-0.25, -0.2) is 4.39 Å². The van der Waals surface area contributed by atoms with E-state index in [0.29, 0.717) is 26.3 Å². The first-order valence-corrected chi connectivity index (χ1v) is 6.68. The number of nitrogens with zero attached hydrogens (tertiary/aromatic N) is 3. The summed E-state index contributed by atoms with van der Waals surface area (Å²) in [5.41, 5.74) is 0.929. The maximum absolute atomic E-state index is 13.7. The molecule has 2 rings (SSSR count). The third kappa shape index (κ3) is 5.14. The van der Waals surface area contributed by atoms with E-state index in [-0.39, 0.29) is 0 Å². The van der Waals surface area contributed by atoms with E-state index in [1.165, 1.54) is 0 Å². The highest BCUT2D eigenvalue weighted by atomic mass is 19.1. The van der Waals surface area contributed by atoms with Crippen molar-refractivity contribution in [1.82, 2.24) is 14.7 Å². The van der Waals surface area contributed by atoms with Crippen molar-refractivity contribution in [3.05, 3.63) is 18.0 Å². The van der Waals surface area contributed by atoms with E-state index in [4.69, 9.17) is 4.74 Å². The zero-order valence-electron chi connectivity index (χ0n) is 11.6. The quantitative estimate of drug-likeness (QED) is 0.825. The van der Waals surface area contributed by atoms with Gasteiger partial charge in [0.15, 0.2) is 0 Å². The minimum absolute atomic E-state index is 0.338. The van der Waals surface area contributed by atoms with E-state index in [0.717, 1.165) is 18.8 Å². The molecule has 18 heavy (non-hydrogen) atoms. The van der Waals surface area contributed by atoms with Crippen LogP contribution in [0.25, 0.3) is 0 Å². The molecule has 0 aromatic carbocycles. The Hall–Kier alpha value is -0.940. The molecule has 1 aliphatic heterocycles. The average molecular weight is 257 g/mol. The number of morpholine rings is 1. The molecule has 0 bridgehead atoms. The zero-order chi connectivity index (χ0) is 13.4. The number of hydrogen-bond donors (Lipinski definition) is 0. The number of ether oxygens (including phenoxy) is 1. The van der Waals surface area contributed by atoms with Gasteiger partial charge in [0.2, 0.25) is 0 Å². The van der Waals surface area contributed by atoms with Crippen LogP contribution in [-0.2, 0) is 11.3 Å². The Kier molecular flexibility index (Phi) is 6.90. The van der Waals surface area contributed by atoms with Gasteiger partial charge in [0.05, 0.1) is 25.5 Å². The molecule has 1 unspecified atom stereocenters. The second-order valence-corrected chi connectivity index (χ2v) is 4.19. The Morgan fingerprint density at radius 2 is 2.00 bits per heavy atom. The third-order valence-corrected chi connectivity index (χ3v) is 2.72. The fourth-order valence-corrected chi connectivity index (χ4v) is 1.89. The molecule has 0 spiro atoms. The van der Waals surface area contributed by atoms with Crippen LogP contribution in [0, 0.1) is 6.92 Å².